The van der Waals surface area contributed by atoms with Crippen molar-refractivity contribution in [3.63, 3.8) is 0 Å². The standard InChI is InChI=1S/C21H23NO4/c23-20(22-16-21(24)25)14-11-18-9-12-19(13-10-18)26-15-5-4-8-17-6-2-1-3-7-17/h1-3,6-7,9-14H,4-5,8,15-16H2,(H,22,23)(H,24,25)/b14-11+. The molecule has 0 radical (unpaired) electrons. The third-order valence-corrected chi connectivity index (χ3v) is 3.69. The summed E-state index contributed by atoms with van der Waals surface area (Å²) in [5.74, 6) is -0.722. The van der Waals surface area contributed by atoms with E-state index in [1.165, 1.54) is 11.6 Å². The highest BCUT2D eigenvalue weighted by Crippen LogP contribution is 2.14. The minimum absolute atomic E-state index is 0.389. The molecule has 136 valence electrons. The number of carbonyl (C=O) groups is 2. The van der Waals surface area contributed by atoms with E-state index in [1.807, 2.05) is 30.3 Å². The van der Waals surface area contributed by atoms with Gasteiger partial charge in [0.2, 0.25) is 5.91 Å². The Morgan fingerprint density at radius 3 is 2.42 bits per heavy atom. The number of carbonyl (C=O) groups excluding carboxylic acids is 1. The highest BCUT2D eigenvalue weighted by Gasteiger charge is 2.00. The van der Waals surface area contributed by atoms with Gasteiger partial charge in [-0.15, -0.1) is 0 Å². The number of carboxylic acids is 1. The van der Waals surface area contributed by atoms with Gasteiger partial charge >= 0.3 is 5.97 Å². The van der Waals surface area contributed by atoms with Crippen molar-refractivity contribution in [2.24, 2.45) is 0 Å². The number of aryl methyl sites for hydroxylation is 1. The van der Waals surface area contributed by atoms with Crippen LogP contribution in [0.2, 0.25) is 0 Å². The smallest absolute Gasteiger partial charge is 0.322 e. The van der Waals surface area contributed by atoms with E-state index in [4.69, 9.17) is 9.84 Å². The zero-order valence-electron chi connectivity index (χ0n) is 14.6. The number of amides is 1. The van der Waals surface area contributed by atoms with Crippen LogP contribution in [0, 0.1) is 0 Å². The van der Waals surface area contributed by atoms with Crippen molar-refractivity contribution in [3.05, 3.63) is 71.8 Å². The van der Waals surface area contributed by atoms with E-state index in [-0.39, 0.29) is 6.54 Å². The molecule has 5 heteroatoms. The molecule has 0 aromatic heterocycles. The molecule has 2 N–H and O–H groups in total. The summed E-state index contributed by atoms with van der Waals surface area (Å²) in [4.78, 5) is 21.8. The molecule has 5 nitrogen and oxygen atoms in total. The monoisotopic (exact) mass is 353 g/mol. The summed E-state index contributed by atoms with van der Waals surface area (Å²) in [6.07, 6.45) is 6.05. The number of hydrogen-bond acceptors (Lipinski definition) is 3. The van der Waals surface area contributed by atoms with E-state index in [1.54, 1.807) is 6.08 Å². The molecule has 0 aliphatic rings. The largest absolute Gasteiger partial charge is 0.494 e. The van der Waals surface area contributed by atoms with Crippen LogP contribution in [0.15, 0.2) is 60.7 Å². The zero-order valence-corrected chi connectivity index (χ0v) is 14.6. The average Bonchev–Trinajstić information content (AvgIpc) is 2.66. The average molecular weight is 353 g/mol. The van der Waals surface area contributed by atoms with Crippen LogP contribution < -0.4 is 10.1 Å². The highest BCUT2D eigenvalue weighted by atomic mass is 16.5. The van der Waals surface area contributed by atoms with Crippen LogP contribution in [0.5, 0.6) is 5.75 Å². The molecule has 0 spiro atoms. The van der Waals surface area contributed by atoms with Crippen molar-refractivity contribution >= 4 is 18.0 Å². The van der Waals surface area contributed by atoms with Gasteiger partial charge in [0.05, 0.1) is 6.61 Å². The number of hydrogen-bond donors (Lipinski definition) is 2. The first-order valence-electron chi connectivity index (χ1n) is 8.58. The van der Waals surface area contributed by atoms with Gasteiger partial charge in [-0.05, 0) is 48.6 Å². The molecule has 0 unspecified atom stereocenters. The number of ether oxygens (including phenoxy) is 1. The second kappa shape index (κ2) is 10.7. The number of benzene rings is 2. The molecule has 0 fully saturated rings. The molecule has 2 rings (SSSR count). The second-order valence-electron chi connectivity index (χ2n) is 5.81. The molecular weight excluding hydrogens is 330 g/mol. The van der Waals surface area contributed by atoms with Crippen LogP contribution in [0.3, 0.4) is 0 Å². The lowest BCUT2D eigenvalue weighted by molar-refractivity contribution is -0.137. The first kappa shape index (κ1) is 19.2. The number of aliphatic carboxylic acids is 1. The number of carboxylic acid groups (broad SMARTS) is 1. The van der Waals surface area contributed by atoms with E-state index in [0.29, 0.717) is 6.61 Å². The zero-order chi connectivity index (χ0) is 18.6. The Labute approximate surface area is 153 Å². The maximum absolute atomic E-state index is 11.4. The third-order valence-electron chi connectivity index (χ3n) is 3.69. The fourth-order valence-corrected chi connectivity index (χ4v) is 2.33. The lowest BCUT2D eigenvalue weighted by atomic mass is 10.1. The molecule has 0 saturated heterocycles. The van der Waals surface area contributed by atoms with Gasteiger partial charge < -0.3 is 15.2 Å². The lowest BCUT2D eigenvalue weighted by Crippen LogP contribution is -2.27. The van der Waals surface area contributed by atoms with Crippen LogP contribution in [0.4, 0.5) is 0 Å². The summed E-state index contributed by atoms with van der Waals surface area (Å²) in [6.45, 7) is 0.278. The van der Waals surface area contributed by atoms with Gasteiger partial charge in [-0.25, -0.2) is 0 Å². The molecule has 0 aliphatic carbocycles. The van der Waals surface area contributed by atoms with Crippen molar-refractivity contribution in [2.75, 3.05) is 13.2 Å². The van der Waals surface area contributed by atoms with Crippen LogP contribution in [0.25, 0.3) is 6.08 Å². The normalized spacial score (nSPS) is 10.6. The van der Waals surface area contributed by atoms with Crippen LogP contribution in [-0.2, 0) is 16.0 Å². The van der Waals surface area contributed by atoms with Crippen molar-refractivity contribution in [3.8, 4) is 5.75 Å². The summed E-state index contributed by atoms with van der Waals surface area (Å²) in [7, 11) is 0. The first-order valence-corrected chi connectivity index (χ1v) is 8.58. The number of nitrogens with one attached hydrogen (secondary N) is 1. The summed E-state index contributed by atoms with van der Waals surface area (Å²) in [5, 5.41) is 10.8. The molecule has 0 bridgehead atoms. The molecule has 0 heterocycles. The van der Waals surface area contributed by atoms with Crippen LogP contribution in [0.1, 0.15) is 24.0 Å². The second-order valence-corrected chi connectivity index (χ2v) is 5.81. The van der Waals surface area contributed by atoms with E-state index < -0.39 is 11.9 Å². The Hall–Kier alpha value is -3.08. The Bertz CT molecular complexity index is 723. The maximum Gasteiger partial charge on any atom is 0.322 e. The fraction of sp³-hybridized carbons (Fsp3) is 0.238. The predicted octanol–water partition coefficient (Wildman–Crippen LogP) is 3.30. The molecule has 26 heavy (non-hydrogen) atoms. The first-order chi connectivity index (χ1) is 12.6. The van der Waals surface area contributed by atoms with Gasteiger partial charge in [-0.1, -0.05) is 42.5 Å². The molecule has 1 amide bonds. The maximum atomic E-state index is 11.4. The lowest BCUT2D eigenvalue weighted by Gasteiger charge is -2.06. The highest BCUT2D eigenvalue weighted by molar-refractivity contribution is 5.93. The molecule has 2 aromatic carbocycles. The van der Waals surface area contributed by atoms with Crippen LogP contribution >= 0.6 is 0 Å². The fourth-order valence-electron chi connectivity index (χ4n) is 2.33. The van der Waals surface area contributed by atoms with Gasteiger partial charge in [0.15, 0.2) is 0 Å². The molecular formula is C21H23NO4. The summed E-state index contributed by atoms with van der Waals surface area (Å²) >= 11 is 0. The Balaban J connectivity index is 1.67. The van der Waals surface area contributed by atoms with E-state index >= 15 is 0 Å². The van der Waals surface area contributed by atoms with Gasteiger partial charge in [0.25, 0.3) is 0 Å². The topological polar surface area (TPSA) is 75.6 Å². The quantitative estimate of drug-likeness (QED) is 0.508. The molecule has 0 aliphatic heterocycles. The van der Waals surface area contributed by atoms with Crippen molar-refractivity contribution in [1.82, 2.24) is 5.32 Å². The van der Waals surface area contributed by atoms with Gasteiger partial charge in [-0.3, -0.25) is 9.59 Å². The third kappa shape index (κ3) is 7.66. The number of rotatable bonds is 10. The van der Waals surface area contributed by atoms with Crippen molar-refractivity contribution in [1.29, 1.82) is 0 Å². The Morgan fingerprint density at radius 2 is 1.73 bits per heavy atom. The summed E-state index contributed by atoms with van der Waals surface area (Å²) < 4.78 is 5.72. The van der Waals surface area contributed by atoms with Crippen LogP contribution in [-0.4, -0.2) is 30.1 Å². The minimum atomic E-state index is -1.07. The summed E-state index contributed by atoms with van der Waals surface area (Å²) in [6, 6.07) is 17.8. The molecule has 0 saturated carbocycles. The van der Waals surface area contributed by atoms with E-state index in [9.17, 15) is 9.59 Å². The SMILES string of the molecule is O=C(O)CNC(=O)/C=C/c1ccc(OCCCCc2ccccc2)cc1. The van der Waals surface area contributed by atoms with E-state index in [2.05, 4.69) is 29.6 Å². The number of unbranched alkanes of at least 4 members (excludes halogenated alkanes) is 1. The van der Waals surface area contributed by atoms with Crippen molar-refractivity contribution in [2.45, 2.75) is 19.3 Å². The molecule has 0 atom stereocenters. The van der Waals surface area contributed by atoms with Gasteiger partial charge in [0.1, 0.15) is 12.3 Å². The molecule has 2 aromatic rings. The van der Waals surface area contributed by atoms with E-state index in [0.717, 1.165) is 30.6 Å². The van der Waals surface area contributed by atoms with Crippen molar-refractivity contribution < 1.29 is 19.4 Å². The van der Waals surface area contributed by atoms with Gasteiger partial charge in [-0.2, -0.15) is 0 Å². The Morgan fingerprint density at radius 1 is 1.00 bits per heavy atom. The minimum Gasteiger partial charge on any atom is -0.494 e. The van der Waals surface area contributed by atoms with Gasteiger partial charge in [0, 0.05) is 6.08 Å². The Kier molecular flexibility index (Phi) is 7.93. The summed E-state index contributed by atoms with van der Waals surface area (Å²) in [5.41, 5.74) is 2.18. The predicted molar refractivity (Wildman–Crippen MR) is 101 cm³/mol.